The molecule has 1 aliphatic carbocycles. The lowest BCUT2D eigenvalue weighted by Crippen LogP contribution is -2.15. The van der Waals surface area contributed by atoms with Crippen LogP contribution in [0.15, 0.2) is 28.9 Å². The predicted molar refractivity (Wildman–Crippen MR) is 71.5 cm³/mol. The van der Waals surface area contributed by atoms with Gasteiger partial charge in [-0.25, -0.2) is 4.98 Å². The van der Waals surface area contributed by atoms with Crippen molar-refractivity contribution in [3.8, 4) is 11.5 Å². The van der Waals surface area contributed by atoms with Crippen molar-refractivity contribution in [3.63, 3.8) is 0 Å². The van der Waals surface area contributed by atoms with Crippen molar-refractivity contribution >= 4 is 11.6 Å². The van der Waals surface area contributed by atoms with E-state index in [0.717, 1.165) is 28.4 Å². The van der Waals surface area contributed by atoms with Gasteiger partial charge in [0.2, 0.25) is 5.89 Å². The molecule has 1 aromatic carbocycles. The van der Waals surface area contributed by atoms with Gasteiger partial charge in [0.05, 0.1) is 5.69 Å². The van der Waals surface area contributed by atoms with Crippen LogP contribution >= 0.6 is 11.6 Å². The summed E-state index contributed by atoms with van der Waals surface area (Å²) in [5.41, 5.74) is 2.90. The maximum absolute atomic E-state index is 6.10. The van der Waals surface area contributed by atoms with Crippen LogP contribution in [0.5, 0.6) is 0 Å². The van der Waals surface area contributed by atoms with Gasteiger partial charge >= 0.3 is 0 Å². The fraction of sp³-hybridized carbons (Fsp3) is 0.357. The first kappa shape index (κ1) is 11.8. The average Bonchev–Trinajstić information content (AvgIpc) is 3.08. The molecule has 2 aromatic rings. The van der Waals surface area contributed by atoms with Crippen molar-refractivity contribution in [2.45, 2.75) is 32.4 Å². The fourth-order valence-corrected chi connectivity index (χ4v) is 2.06. The molecule has 0 saturated heterocycles. The van der Waals surface area contributed by atoms with Gasteiger partial charge in [0.15, 0.2) is 0 Å². The molecule has 4 heteroatoms. The molecule has 1 N–H and O–H groups in total. The molecule has 94 valence electrons. The number of hydrogen-bond acceptors (Lipinski definition) is 3. The van der Waals surface area contributed by atoms with Crippen LogP contribution in [0.4, 0.5) is 0 Å². The molecule has 0 radical (unpaired) electrons. The van der Waals surface area contributed by atoms with Crippen molar-refractivity contribution in [1.29, 1.82) is 0 Å². The van der Waals surface area contributed by atoms with Gasteiger partial charge in [-0.15, -0.1) is 0 Å². The molecule has 3 nitrogen and oxygen atoms in total. The first-order valence-electron chi connectivity index (χ1n) is 6.17. The number of benzene rings is 1. The van der Waals surface area contributed by atoms with Crippen molar-refractivity contribution in [1.82, 2.24) is 10.3 Å². The topological polar surface area (TPSA) is 38.1 Å². The molecular weight excluding hydrogens is 248 g/mol. The Labute approximate surface area is 111 Å². The summed E-state index contributed by atoms with van der Waals surface area (Å²) in [6.45, 7) is 2.75. The molecule has 3 rings (SSSR count). The summed E-state index contributed by atoms with van der Waals surface area (Å²) in [5, 5.41) is 4.15. The molecule has 1 saturated carbocycles. The first-order valence-corrected chi connectivity index (χ1v) is 6.55. The lowest BCUT2D eigenvalue weighted by Gasteiger charge is -2.02. The zero-order valence-corrected chi connectivity index (χ0v) is 11.0. The molecule has 0 bridgehead atoms. The SMILES string of the molecule is Cc1c(Cl)cccc1-c1nc(CNC2CC2)co1. The van der Waals surface area contributed by atoms with E-state index >= 15 is 0 Å². The normalized spacial score (nSPS) is 15.0. The third kappa shape index (κ3) is 2.42. The lowest BCUT2D eigenvalue weighted by molar-refractivity contribution is 0.569. The van der Waals surface area contributed by atoms with Gasteiger partial charge in [0.1, 0.15) is 6.26 Å². The Balaban J connectivity index is 1.80. The number of nitrogens with zero attached hydrogens (tertiary/aromatic N) is 1. The van der Waals surface area contributed by atoms with Crippen LogP contribution < -0.4 is 5.32 Å². The molecule has 0 spiro atoms. The van der Waals surface area contributed by atoms with Crippen LogP contribution in [-0.4, -0.2) is 11.0 Å². The highest BCUT2D eigenvalue weighted by Gasteiger charge is 2.20. The molecule has 1 heterocycles. The van der Waals surface area contributed by atoms with Gasteiger partial charge in [-0.2, -0.15) is 0 Å². The van der Waals surface area contributed by atoms with Crippen LogP contribution in [-0.2, 0) is 6.54 Å². The van der Waals surface area contributed by atoms with Gasteiger partial charge in [0, 0.05) is 23.2 Å². The van der Waals surface area contributed by atoms with Crippen molar-refractivity contribution in [2.24, 2.45) is 0 Å². The second kappa shape index (κ2) is 4.75. The Morgan fingerprint density at radius 1 is 1.44 bits per heavy atom. The van der Waals surface area contributed by atoms with Crippen LogP contribution in [0.25, 0.3) is 11.5 Å². The third-order valence-electron chi connectivity index (χ3n) is 3.20. The minimum absolute atomic E-state index is 0.641. The van der Waals surface area contributed by atoms with Crippen molar-refractivity contribution in [2.75, 3.05) is 0 Å². The molecule has 1 aromatic heterocycles. The monoisotopic (exact) mass is 262 g/mol. The molecule has 0 unspecified atom stereocenters. The van der Waals surface area contributed by atoms with E-state index in [1.807, 2.05) is 25.1 Å². The molecule has 18 heavy (non-hydrogen) atoms. The number of hydrogen-bond donors (Lipinski definition) is 1. The van der Waals surface area contributed by atoms with E-state index in [1.165, 1.54) is 12.8 Å². The Morgan fingerprint density at radius 3 is 3.06 bits per heavy atom. The molecule has 1 fully saturated rings. The van der Waals surface area contributed by atoms with E-state index in [1.54, 1.807) is 6.26 Å². The van der Waals surface area contributed by atoms with Gasteiger partial charge in [-0.3, -0.25) is 0 Å². The molecule has 0 atom stereocenters. The zero-order chi connectivity index (χ0) is 12.5. The summed E-state index contributed by atoms with van der Waals surface area (Å²) in [7, 11) is 0. The van der Waals surface area contributed by atoms with Gasteiger partial charge < -0.3 is 9.73 Å². The summed E-state index contributed by atoms with van der Waals surface area (Å²) in [6.07, 6.45) is 4.27. The Morgan fingerprint density at radius 2 is 2.28 bits per heavy atom. The highest BCUT2D eigenvalue weighted by Crippen LogP contribution is 2.28. The molecule has 0 aliphatic heterocycles. The fourth-order valence-electron chi connectivity index (χ4n) is 1.89. The van der Waals surface area contributed by atoms with Gasteiger partial charge in [0.25, 0.3) is 0 Å². The van der Waals surface area contributed by atoms with E-state index in [-0.39, 0.29) is 0 Å². The highest BCUT2D eigenvalue weighted by molar-refractivity contribution is 6.31. The number of rotatable bonds is 4. The number of nitrogens with one attached hydrogen (secondary N) is 1. The van der Waals surface area contributed by atoms with Crippen LogP contribution in [0.1, 0.15) is 24.1 Å². The number of aromatic nitrogens is 1. The minimum atomic E-state index is 0.641. The average molecular weight is 263 g/mol. The first-order chi connectivity index (χ1) is 8.74. The second-order valence-corrected chi connectivity index (χ2v) is 5.12. The Hall–Kier alpha value is -1.32. The van der Waals surface area contributed by atoms with E-state index in [9.17, 15) is 0 Å². The van der Waals surface area contributed by atoms with E-state index < -0.39 is 0 Å². The van der Waals surface area contributed by atoms with Crippen LogP contribution in [0.3, 0.4) is 0 Å². The Bertz CT molecular complexity index is 561. The molecular formula is C14H15ClN2O. The zero-order valence-electron chi connectivity index (χ0n) is 10.2. The number of halogens is 1. The quantitative estimate of drug-likeness (QED) is 0.916. The predicted octanol–water partition coefficient (Wildman–Crippen LogP) is 3.56. The van der Waals surface area contributed by atoms with Gasteiger partial charge in [-0.1, -0.05) is 17.7 Å². The summed E-state index contributed by atoms with van der Waals surface area (Å²) in [5.74, 6) is 0.641. The molecule has 1 aliphatic rings. The maximum atomic E-state index is 6.10. The third-order valence-corrected chi connectivity index (χ3v) is 3.61. The van der Waals surface area contributed by atoms with Crippen LogP contribution in [0, 0.1) is 6.92 Å². The second-order valence-electron chi connectivity index (χ2n) is 4.71. The molecule has 0 amide bonds. The summed E-state index contributed by atoms with van der Waals surface area (Å²) < 4.78 is 5.53. The van der Waals surface area contributed by atoms with E-state index in [2.05, 4.69) is 10.3 Å². The largest absolute Gasteiger partial charge is 0.444 e. The number of oxazole rings is 1. The van der Waals surface area contributed by atoms with Gasteiger partial charge in [-0.05, 0) is 37.5 Å². The summed E-state index contributed by atoms with van der Waals surface area (Å²) >= 11 is 6.10. The van der Waals surface area contributed by atoms with Crippen molar-refractivity contribution < 1.29 is 4.42 Å². The van der Waals surface area contributed by atoms with Crippen molar-refractivity contribution in [3.05, 3.63) is 40.7 Å². The Kier molecular flexibility index (Phi) is 3.10. The maximum Gasteiger partial charge on any atom is 0.226 e. The summed E-state index contributed by atoms with van der Waals surface area (Å²) in [4.78, 5) is 4.49. The van der Waals surface area contributed by atoms with Crippen LogP contribution in [0.2, 0.25) is 5.02 Å². The lowest BCUT2D eigenvalue weighted by atomic mass is 10.1. The van der Waals surface area contributed by atoms with E-state index in [4.69, 9.17) is 16.0 Å². The highest BCUT2D eigenvalue weighted by atomic mass is 35.5. The minimum Gasteiger partial charge on any atom is -0.444 e. The smallest absolute Gasteiger partial charge is 0.226 e. The van der Waals surface area contributed by atoms with E-state index in [0.29, 0.717) is 11.9 Å². The summed E-state index contributed by atoms with van der Waals surface area (Å²) in [6, 6.07) is 6.44. The standard InChI is InChI=1S/C14H15ClN2O/c1-9-12(3-2-4-13(9)15)14-17-11(8-18-14)7-16-10-5-6-10/h2-4,8,10,16H,5-7H2,1H3.